The number of hydrogen-bond donors (Lipinski definition) is 0. The molecule has 9 rings (SSSR count). The van der Waals surface area contributed by atoms with E-state index in [0.717, 1.165) is 73.4 Å². The van der Waals surface area contributed by atoms with Gasteiger partial charge in [0.25, 0.3) is 0 Å². The van der Waals surface area contributed by atoms with Gasteiger partial charge in [-0.15, -0.1) is 53.6 Å². The Bertz CT molecular complexity index is 2900. The zero-order chi connectivity index (χ0) is 40.7. The van der Waals surface area contributed by atoms with Crippen LogP contribution in [0.4, 0.5) is 0 Å². The van der Waals surface area contributed by atoms with E-state index in [0.29, 0.717) is 11.6 Å². The number of fused-ring (bicyclic) bond motifs is 4. The molecule has 0 fully saturated rings. The third kappa shape index (κ3) is 8.38. The minimum Gasteiger partial charge on any atom is -0.486 e. The molecule has 299 valence electrons. The van der Waals surface area contributed by atoms with Crippen molar-refractivity contribution in [1.29, 1.82) is 0 Å². The van der Waals surface area contributed by atoms with Crippen molar-refractivity contribution in [3.8, 4) is 39.5 Å². The number of rotatable bonds is 7. The van der Waals surface area contributed by atoms with Crippen molar-refractivity contribution >= 4 is 46.4 Å². The van der Waals surface area contributed by atoms with Crippen molar-refractivity contribution in [3.05, 3.63) is 162 Å². The number of hydrogen-bond acceptors (Lipinski definition) is 4. The molecule has 0 saturated carbocycles. The standard InChI is InChI=1S/C34H26N3O.C18H24NSi.Ir/c1-20-14-16-27(32-30(20)26-17-15-23(4)35-34(26)38-32)33-36-28-12-8-9-13-29(28)37(33)31-21(2)18-25(19-22(31)3)24-10-6-5-7-11-24;1-14(2)11-16-12-17(15-9-7-6-8-10-15)19-13-18(16)20(3,4)5;/h5-15,17-19H,1-4H3;6-9,12-14H,11H2,1-5H3;/q2*-1;. The first-order valence-corrected chi connectivity index (χ1v) is 23.7. The Kier molecular flexibility index (Phi) is 12.0. The normalized spacial score (nSPS) is 11.6. The summed E-state index contributed by atoms with van der Waals surface area (Å²) in [5.74, 6) is 1.48. The Hall–Kier alpha value is -5.46. The molecule has 0 saturated heterocycles. The maximum absolute atomic E-state index is 6.43. The number of benzene rings is 5. The topological polar surface area (TPSA) is 56.7 Å². The molecule has 7 heteroatoms. The molecule has 0 atom stereocenters. The Morgan fingerprint density at radius 2 is 1.46 bits per heavy atom. The Labute approximate surface area is 363 Å². The molecule has 0 bridgehead atoms. The molecule has 0 aliphatic rings. The third-order valence-corrected chi connectivity index (χ3v) is 12.8. The maximum Gasteiger partial charge on any atom is 0.216 e. The molecule has 4 aromatic heterocycles. The van der Waals surface area contributed by atoms with Gasteiger partial charge in [-0.3, -0.25) is 4.98 Å². The quantitative estimate of drug-likeness (QED) is 0.118. The van der Waals surface area contributed by atoms with Crippen LogP contribution in [0.2, 0.25) is 19.6 Å². The Morgan fingerprint density at radius 1 is 0.746 bits per heavy atom. The van der Waals surface area contributed by atoms with E-state index in [9.17, 15) is 0 Å². The van der Waals surface area contributed by atoms with Crippen molar-refractivity contribution in [1.82, 2.24) is 19.5 Å². The maximum atomic E-state index is 6.43. The van der Waals surface area contributed by atoms with Gasteiger partial charge in [0.1, 0.15) is 0 Å². The van der Waals surface area contributed by atoms with Crippen LogP contribution < -0.4 is 5.19 Å². The van der Waals surface area contributed by atoms with Crippen molar-refractivity contribution in [2.75, 3.05) is 0 Å². The van der Waals surface area contributed by atoms with Gasteiger partial charge < -0.3 is 14.0 Å². The Morgan fingerprint density at radius 3 is 2.15 bits per heavy atom. The molecule has 1 radical (unpaired) electrons. The minimum atomic E-state index is -1.34. The van der Waals surface area contributed by atoms with Crippen molar-refractivity contribution in [2.45, 2.75) is 67.6 Å². The summed E-state index contributed by atoms with van der Waals surface area (Å²) in [5, 5.41) is 3.57. The summed E-state index contributed by atoms with van der Waals surface area (Å²) in [6.07, 6.45) is 3.24. The summed E-state index contributed by atoms with van der Waals surface area (Å²) in [7, 11) is -1.34. The molecule has 9 aromatic rings. The first-order valence-electron chi connectivity index (χ1n) is 20.2. The number of furan rings is 1. The third-order valence-electron chi connectivity index (χ3n) is 10.8. The summed E-state index contributed by atoms with van der Waals surface area (Å²) in [4.78, 5) is 14.5. The van der Waals surface area contributed by atoms with Gasteiger partial charge >= 0.3 is 0 Å². The molecule has 4 heterocycles. The number of para-hydroxylation sites is 2. The number of imidazole rings is 1. The minimum absolute atomic E-state index is 0. The van der Waals surface area contributed by atoms with E-state index >= 15 is 0 Å². The molecule has 5 aromatic carbocycles. The second kappa shape index (κ2) is 17.0. The van der Waals surface area contributed by atoms with E-state index in [4.69, 9.17) is 9.40 Å². The van der Waals surface area contributed by atoms with Crippen LogP contribution in [-0.4, -0.2) is 27.6 Å². The van der Waals surface area contributed by atoms with Crippen LogP contribution in [0.5, 0.6) is 0 Å². The molecule has 0 aliphatic heterocycles. The summed E-state index contributed by atoms with van der Waals surface area (Å²) >= 11 is 0. The molecule has 5 nitrogen and oxygen atoms in total. The average Bonchev–Trinajstić information content (AvgIpc) is 3.77. The van der Waals surface area contributed by atoms with E-state index in [1.54, 1.807) is 0 Å². The van der Waals surface area contributed by atoms with Crippen LogP contribution in [0, 0.1) is 45.7 Å². The average molecular weight is 967 g/mol. The second-order valence-corrected chi connectivity index (χ2v) is 21.9. The molecule has 0 unspecified atom stereocenters. The predicted molar refractivity (Wildman–Crippen MR) is 245 cm³/mol. The molecule has 0 spiro atoms. The number of nitrogens with zero attached hydrogens (tertiary/aromatic N) is 4. The second-order valence-electron chi connectivity index (χ2n) is 16.9. The van der Waals surface area contributed by atoms with Crippen molar-refractivity contribution < 1.29 is 24.5 Å². The van der Waals surface area contributed by atoms with E-state index in [2.05, 4.69) is 166 Å². The molecule has 59 heavy (non-hydrogen) atoms. The van der Waals surface area contributed by atoms with Crippen LogP contribution in [0.3, 0.4) is 0 Å². The summed E-state index contributed by atoms with van der Waals surface area (Å²) in [5.41, 5.74) is 15.8. The van der Waals surface area contributed by atoms with E-state index in [1.165, 1.54) is 33.0 Å². The van der Waals surface area contributed by atoms with Gasteiger partial charge in [0, 0.05) is 43.1 Å². The predicted octanol–water partition coefficient (Wildman–Crippen LogP) is 13.0. The number of aromatic nitrogens is 4. The summed E-state index contributed by atoms with van der Waals surface area (Å²) in [6, 6.07) is 46.6. The van der Waals surface area contributed by atoms with Gasteiger partial charge in [-0.25, -0.2) is 4.98 Å². The summed E-state index contributed by atoms with van der Waals surface area (Å²) < 4.78 is 8.69. The van der Waals surface area contributed by atoms with Crippen molar-refractivity contribution in [2.24, 2.45) is 5.92 Å². The first-order chi connectivity index (χ1) is 27.9. The van der Waals surface area contributed by atoms with E-state index in [1.807, 2.05) is 43.3 Å². The number of pyridine rings is 2. The van der Waals surface area contributed by atoms with Gasteiger partial charge in [-0.2, -0.15) is 0 Å². The van der Waals surface area contributed by atoms with E-state index in [-0.39, 0.29) is 20.1 Å². The molecule has 0 N–H and O–H groups in total. The van der Waals surface area contributed by atoms with Gasteiger partial charge in [0.15, 0.2) is 0 Å². The fourth-order valence-electron chi connectivity index (χ4n) is 8.13. The van der Waals surface area contributed by atoms with E-state index < -0.39 is 8.07 Å². The zero-order valence-electron chi connectivity index (χ0n) is 35.4. The van der Waals surface area contributed by atoms with Crippen LogP contribution in [0.25, 0.3) is 72.6 Å². The van der Waals surface area contributed by atoms with Crippen molar-refractivity contribution in [3.63, 3.8) is 0 Å². The smallest absolute Gasteiger partial charge is 0.216 e. The fourth-order valence-corrected chi connectivity index (χ4v) is 9.72. The molecular formula is C52H50IrN4OSi-2. The van der Waals surface area contributed by atoms with Gasteiger partial charge in [0.2, 0.25) is 5.71 Å². The molecule has 0 amide bonds. The van der Waals surface area contributed by atoms with Gasteiger partial charge in [-0.1, -0.05) is 105 Å². The fraction of sp³-hybridized carbons (Fsp3) is 0.212. The van der Waals surface area contributed by atoms with Crippen LogP contribution in [0.1, 0.15) is 41.8 Å². The summed E-state index contributed by atoms with van der Waals surface area (Å²) in [6.45, 7) is 20.2. The Balaban J connectivity index is 0.000000214. The monoisotopic (exact) mass is 967 g/mol. The molecule has 0 aliphatic carbocycles. The molecular weight excluding hydrogens is 917 g/mol. The van der Waals surface area contributed by atoms with Gasteiger partial charge in [0.05, 0.1) is 30.5 Å². The van der Waals surface area contributed by atoms with Gasteiger partial charge in [-0.05, 0) is 103 Å². The first kappa shape index (κ1) is 41.7. The van der Waals surface area contributed by atoms with Crippen LogP contribution in [-0.2, 0) is 26.5 Å². The zero-order valence-corrected chi connectivity index (χ0v) is 38.8. The van der Waals surface area contributed by atoms with Crippen LogP contribution in [0.15, 0.2) is 126 Å². The SMILES string of the molecule is CC(C)Cc1cc(-c2[c-]cccc2)ncc1[Si](C)(C)C.Cc1ccc2c(n1)oc1c(-c3nc4ccccc4n3-c3c(C)cc(-c4ccccc4)cc3C)[c-]cc(C)c12.[Ir]. The van der Waals surface area contributed by atoms with Crippen LogP contribution >= 0.6 is 0 Å². The largest absolute Gasteiger partial charge is 0.486 e. The number of aryl methyl sites for hydroxylation is 4.